The number of hydrogen-bond donors (Lipinski definition) is 0. The van der Waals surface area contributed by atoms with Gasteiger partial charge in [-0.1, -0.05) is 11.8 Å². The highest BCUT2D eigenvalue weighted by molar-refractivity contribution is 7.98. The molecule has 2 aromatic rings. The topological polar surface area (TPSA) is 64.5 Å². The van der Waals surface area contributed by atoms with E-state index in [0.717, 1.165) is 33.2 Å². The lowest BCUT2D eigenvalue weighted by atomic mass is 10.1. The lowest BCUT2D eigenvalue weighted by Crippen LogP contribution is -2.27. The van der Waals surface area contributed by atoms with Crippen LogP contribution in [0.15, 0.2) is 17.3 Å². The number of ether oxygens (including phenoxy) is 2. The van der Waals surface area contributed by atoms with Crippen LogP contribution in [0.5, 0.6) is 11.5 Å². The summed E-state index contributed by atoms with van der Waals surface area (Å²) in [5.41, 5.74) is 5.05. The van der Waals surface area contributed by atoms with Crippen LogP contribution in [0.2, 0.25) is 0 Å². The third-order valence-electron chi connectivity index (χ3n) is 4.85. The fraction of sp³-hybridized carbons (Fsp3) is 0.476. The number of hydrogen-bond acceptors (Lipinski definition) is 6. The molecule has 28 heavy (non-hydrogen) atoms. The molecule has 0 aliphatic heterocycles. The van der Waals surface area contributed by atoms with Crippen LogP contribution in [0.25, 0.3) is 0 Å². The second-order valence-corrected chi connectivity index (χ2v) is 7.52. The first kappa shape index (κ1) is 22.0. The number of nitrogens with zero attached hydrogens (tertiary/aromatic N) is 3. The standard InChI is InChI=1S/C21H29N3O3S/c1-13-10-18(26-5)19(27-6)11-16(13)12-24(4)20(25)9-8-17-14(2)22-21(28-7)23-15(17)3/h10-11H,8-9,12H2,1-7H3. The Kier molecular flexibility index (Phi) is 7.69. The average molecular weight is 404 g/mol. The number of rotatable bonds is 8. The van der Waals surface area contributed by atoms with Crippen LogP contribution in [-0.2, 0) is 17.8 Å². The normalized spacial score (nSPS) is 10.7. The molecule has 1 aromatic carbocycles. The number of thioether (sulfide) groups is 1. The predicted molar refractivity (Wildman–Crippen MR) is 112 cm³/mol. The van der Waals surface area contributed by atoms with Crippen molar-refractivity contribution in [3.8, 4) is 11.5 Å². The number of carbonyl (C=O) groups excluding carboxylic acids is 1. The van der Waals surface area contributed by atoms with Gasteiger partial charge in [-0.15, -0.1) is 0 Å². The molecule has 1 aromatic heterocycles. The monoisotopic (exact) mass is 403 g/mol. The van der Waals surface area contributed by atoms with Gasteiger partial charge in [0, 0.05) is 31.4 Å². The van der Waals surface area contributed by atoms with Crippen molar-refractivity contribution in [1.29, 1.82) is 0 Å². The summed E-state index contributed by atoms with van der Waals surface area (Å²) < 4.78 is 10.7. The van der Waals surface area contributed by atoms with Gasteiger partial charge in [0.2, 0.25) is 5.91 Å². The molecule has 0 N–H and O–H groups in total. The third-order valence-corrected chi connectivity index (χ3v) is 5.39. The van der Waals surface area contributed by atoms with Crippen molar-refractivity contribution in [2.75, 3.05) is 27.5 Å². The molecule has 152 valence electrons. The van der Waals surface area contributed by atoms with E-state index < -0.39 is 0 Å². The summed E-state index contributed by atoms with van der Waals surface area (Å²) in [6.07, 6.45) is 3.02. The Morgan fingerprint density at radius 3 is 2.18 bits per heavy atom. The van der Waals surface area contributed by atoms with Gasteiger partial charge in [0.05, 0.1) is 14.2 Å². The van der Waals surface area contributed by atoms with Gasteiger partial charge in [0.15, 0.2) is 16.7 Å². The summed E-state index contributed by atoms with van der Waals surface area (Å²) in [4.78, 5) is 23.4. The summed E-state index contributed by atoms with van der Waals surface area (Å²) in [5.74, 6) is 1.44. The minimum atomic E-state index is 0.0851. The van der Waals surface area contributed by atoms with Crippen LogP contribution in [-0.4, -0.2) is 48.3 Å². The number of amides is 1. The maximum atomic E-state index is 12.7. The van der Waals surface area contributed by atoms with Crippen LogP contribution in [0.1, 0.15) is 34.5 Å². The zero-order chi connectivity index (χ0) is 20.8. The second kappa shape index (κ2) is 9.78. The first-order valence-electron chi connectivity index (χ1n) is 9.14. The Hall–Kier alpha value is -2.28. The van der Waals surface area contributed by atoms with Gasteiger partial charge in [0.1, 0.15) is 0 Å². The summed E-state index contributed by atoms with van der Waals surface area (Å²) in [6.45, 7) is 6.48. The summed E-state index contributed by atoms with van der Waals surface area (Å²) in [7, 11) is 5.05. The first-order valence-corrected chi connectivity index (χ1v) is 10.4. The minimum Gasteiger partial charge on any atom is -0.493 e. The largest absolute Gasteiger partial charge is 0.493 e. The lowest BCUT2D eigenvalue weighted by Gasteiger charge is -2.20. The molecular formula is C21H29N3O3S. The quantitative estimate of drug-likeness (QED) is 0.494. The first-order chi connectivity index (χ1) is 13.3. The number of carbonyl (C=O) groups is 1. The van der Waals surface area contributed by atoms with E-state index >= 15 is 0 Å². The van der Waals surface area contributed by atoms with Crippen molar-refractivity contribution >= 4 is 17.7 Å². The van der Waals surface area contributed by atoms with E-state index in [1.807, 2.05) is 46.2 Å². The summed E-state index contributed by atoms with van der Waals surface area (Å²) in [6, 6.07) is 3.87. The van der Waals surface area contributed by atoms with Crippen LogP contribution >= 0.6 is 11.8 Å². The number of benzene rings is 1. The smallest absolute Gasteiger partial charge is 0.222 e. The molecular weight excluding hydrogens is 374 g/mol. The molecule has 1 heterocycles. The maximum Gasteiger partial charge on any atom is 0.222 e. The Morgan fingerprint density at radius 1 is 1.07 bits per heavy atom. The molecule has 0 spiro atoms. The molecule has 7 heteroatoms. The third kappa shape index (κ3) is 5.16. The van der Waals surface area contributed by atoms with Crippen LogP contribution in [0, 0.1) is 20.8 Å². The molecule has 0 aliphatic carbocycles. The van der Waals surface area contributed by atoms with Gasteiger partial charge in [0.25, 0.3) is 0 Å². The highest BCUT2D eigenvalue weighted by Gasteiger charge is 2.16. The van der Waals surface area contributed by atoms with Crippen molar-refractivity contribution in [2.24, 2.45) is 0 Å². The highest BCUT2D eigenvalue weighted by Crippen LogP contribution is 2.30. The fourth-order valence-corrected chi connectivity index (χ4v) is 3.58. The molecule has 0 atom stereocenters. The molecule has 2 rings (SSSR count). The zero-order valence-corrected chi connectivity index (χ0v) is 18.6. The molecule has 1 amide bonds. The van der Waals surface area contributed by atoms with E-state index in [1.54, 1.807) is 19.1 Å². The maximum absolute atomic E-state index is 12.7. The van der Waals surface area contributed by atoms with Gasteiger partial charge in [-0.3, -0.25) is 4.79 Å². The van der Waals surface area contributed by atoms with E-state index in [0.29, 0.717) is 30.9 Å². The summed E-state index contributed by atoms with van der Waals surface area (Å²) in [5, 5.41) is 0.770. The molecule has 6 nitrogen and oxygen atoms in total. The van der Waals surface area contributed by atoms with Gasteiger partial charge in [-0.25, -0.2) is 9.97 Å². The van der Waals surface area contributed by atoms with Crippen molar-refractivity contribution in [3.05, 3.63) is 40.2 Å². The average Bonchev–Trinajstić information content (AvgIpc) is 2.67. The Bertz CT molecular complexity index is 832. The molecule has 0 unspecified atom stereocenters. The van der Waals surface area contributed by atoms with Crippen molar-refractivity contribution in [2.45, 2.75) is 45.3 Å². The van der Waals surface area contributed by atoms with E-state index in [9.17, 15) is 4.79 Å². The summed E-state index contributed by atoms with van der Waals surface area (Å²) >= 11 is 1.53. The minimum absolute atomic E-state index is 0.0851. The van der Waals surface area contributed by atoms with E-state index in [2.05, 4.69) is 9.97 Å². The van der Waals surface area contributed by atoms with Crippen LogP contribution in [0.3, 0.4) is 0 Å². The number of methoxy groups -OCH3 is 2. The molecule has 0 bridgehead atoms. The van der Waals surface area contributed by atoms with Crippen molar-refractivity contribution in [3.63, 3.8) is 0 Å². The van der Waals surface area contributed by atoms with Crippen LogP contribution < -0.4 is 9.47 Å². The molecule has 0 saturated heterocycles. The molecule has 0 fully saturated rings. The molecule has 0 radical (unpaired) electrons. The van der Waals surface area contributed by atoms with Gasteiger partial charge < -0.3 is 14.4 Å². The van der Waals surface area contributed by atoms with Crippen molar-refractivity contribution in [1.82, 2.24) is 14.9 Å². The van der Waals surface area contributed by atoms with Crippen molar-refractivity contribution < 1.29 is 14.3 Å². The number of aryl methyl sites for hydroxylation is 3. The Labute approximate surface area is 171 Å². The Balaban J connectivity index is 2.06. The Morgan fingerprint density at radius 2 is 1.64 bits per heavy atom. The van der Waals surface area contributed by atoms with E-state index in [4.69, 9.17) is 9.47 Å². The van der Waals surface area contributed by atoms with Gasteiger partial charge in [-0.2, -0.15) is 0 Å². The van der Waals surface area contributed by atoms with Gasteiger partial charge in [-0.05, 0) is 62.3 Å². The fourth-order valence-electron chi connectivity index (χ4n) is 3.12. The SMILES string of the molecule is COc1cc(C)c(CN(C)C(=O)CCc2c(C)nc(SC)nc2C)cc1OC. The van der Waals surface area contributed by atoms with Gasteiger partial charge >= 0.3 is 0 Å². The number of aromatic nitrogens is 2. The highest BCUT2D eigenvalue weighted by atomic mass is 32.2. The zero-order valence-electron chi connectivity index (χ0n) is 17.8. The predicted octanol–water partition coefficient (Wildman–Crippen LogP) is 3.73. The second-order valence-electron chi connectivity index (χ2n) is 6.74. The van der Waals surface area contributed by atoms with E-state index in [-0.39, 0.29) is 5.91 Å². The van der Waals surface area contributed by atoms with E-state index in [1.165, 1.54) is 11.8 Å². The lowest BCUT2D eigenvalue weighted by molar-refractivity contribution is -0.130. The molecule has 0 aliphatic rings. The molecule has 0 saturated carbocycles. The van der Waals surface area contributed by atoms with Crippen LogP contribution in [0.4, 0.5) is 0 Å².